The highest BCUT2D eigenvalue weighted by atomic mass is 19.1. The summed E-state index contributed by atoms with van der Waals surface area (Å²) in [6.45, 7) is -0.278. The average molecular weight is 332 g/mol. The Balaban J connectivity index is 1.88. The molecule has 0 atom stereocenters. The highest BCUT2D eigenvalue weighted by Crippen LogP contribution is 2.22. The van der Waals surface area contributed by atoms with Gasteiger partial charge in [-0.05, 0) is 42.5 Å². The highest BCUT2D eigenvalue weighted by molar-refractivity contribution is 5.91. The Morgan fingerprint density at radius 2 is 1.92 bits per heavy atom. The predicted octanol–water partition coefficient (Wildman–Crippen LogP) is 2.83. The lowest BCUT2D eigenvalue weighted by atomic mass is 10.2. The Kier molecular flexibility index (Phi) is 6.13. The molecule has 2 rings (SSSR count). The molecular formula is C17H17FN2O4. The van der Waals surface area contributed by atoms with E-state index in [1.54, 1.807) is 25.3 Å². The molecule has 1 N–H and O–H groups in total. The minimum Gasteiger partial charge on any atom is -0.497 e. The topological polar surface area (TPSA) is 69.1 Å². The van der Waals surface area contributed by atoms with Gasteiger partial charge in [-0.3, -0.25) is 4.79 Å². The van der Waals surface area contributed by atoms with Crippen LogP contribution in [0.4, 0.5) is 10.1 Å². The van der Waals surface area contributed by atoms with E-state index in [0.717, 1.165) is 0 Å². The Labute approximate surface area is 138 Å². The van der Waals surface area contributed by atoms with Crippen LogP contribution in [0.2, 0.25) is 0 Å². The van der Waals surface area contributed by atoms with E-state index in [-0.39, 0.29) is 12.4 Å². The van der Waals surface area contributed by atoms with Crippen LogP contribution in [-0.4, -0.2) is 32.9 Å². The number of hydrogen-bond acceptors (Lipinski definition) is 5. The number of nitrogens with one attached hydrogen (secondary N) is 1. The Hall–Kier alpha value is -3.09. The molecule has 0 bridgehead atoms. The van der Waals surface area contributed by atoms with Gasteiger partial charge in [0.05, 0.1) is 20.4 Å². The molecule has 7 heteroatoms. The van der Waals surface area contributed by atoms with Gasteiger partial charge >= 0.3 is 0 Å². The smallest absolute Gasteiger partial charge is 0.265 e. The number of oxime groups is 1. The van der Waals surface area contributed by atoms with E-state index in [1.165, 1.54) is 37.6 Å². The fourth-order valence-corrected chi connectivity index (χ4v) is 1.86. The molecule has 0 saturated carbocycles. The largest absolute Gasteiger partial charge is 0.497 e. The van der Waals surface area contributed by atoms with Crippen LogP contribution in [0.3, 0.4) is 0 Å². The van der Waals surface area contributed by atoms with E-state index >= 15 is 0 Å². The molecule has 2 aromatic carbocycles. The first kappa shape index (κ1) is 17.3. The van der Waals surface area contributed by atoms with Gasteiger partial charge in [-0.2, -0.15) is 0 Å². The molecule has 1 amide bonds. The van der Waals surface area contributed by atoms with Crippen LogP contribution in [0.15, 0.2) is 47.6 Å². The molecule has 0 aromatic heterocycles. The summed E-state index contributed by atoms with van der Waals surface area (Å²) < 4.78 is 23.1. The monoisotopic (exact) mass is 332 g/mol. The van der Waals surface area contributed by atoms with Crippen molar-refractivity contribution in [3.8, 4) is 11.5 Å². The number of ether oxygens (including phenoxy) is 2. The molecule has 0 radical (unpaired) electrons. The van der Waals surface area contributed by atoms with Gasteiger partial charge in [0.25, 0.3) is 5.91 Å². The summed E-state index contributed by atoms with van der Waals surface area (Å²) in [5.74, 6) is 0.461. The van der Waals surface area contributed by atoms with E-state index in [2.05, 4.69) is 10.5 Å². The van der Waals surface area contributed by atoms with Gasteiger partial charge < -0.3 is 19.6 Å². The van der Waals surface area contributed by atoms with Crippen molar-refractivity contribution in [2.45, 2.75) is 0 Å². The van der Waals surface area contributed by atoms with Gasteiger partial charge in [0, 0.05) is 11.3 Å². The lowest BCUT2D eigenvalue weighted by Gasteiger charge is -2.07. The van der Waals surface area contributed by atoms with Crippen molar-refractivity contribution in [2.24, 2.45) is 5.16 Å². The number of methoxy groups -OCH3 is 2. The van der Waals surface area contributed by atoms with E-state index < -0.39 is 5.91 Å². The van der Waals surface area contributed by atoms with Crippen LogP contribution < -0.4 is 14.8 Å². The van der Waals surface area contributed by atoms with Gasteiger partial charge in [0.1, 0.15) is 17.3 Å². The molecule has 2 aromatic rings. The maximum absolute atomic E-state index is 12.8. The third-order valence-corrected chi connectivity index (χ3v) is 3.03. The number of anilines is 1. The van der Waals surface area contributed by atoms with Crippen molar-refractivity contribution < 1.29 is 23.5 Å². The normalized spacial score (nSPS) is 10.5. The van der Waals surface area contributed by atoms with E-state index in [4.69, 9.17) is 14.3 Å². The number of hydrogen-bond donors (Lipinski definition) is 1. The number of rotatable bonds is 7. The van der Waals surface area contributed by atoms with Gasteiger partial charge in [-0.25, -0.2) is 4.39 Å². The second-order valence-corrected chi connectivity index (χ2v) is 4.67. The molecule has 0 heterocycles. The second-order valence-electron chi connectivity index (χ2n) is 4.67. The van der Waals surface area contributed by atoms with Gasteiger partial charge in [0.15, 0.2) is 6.61 Å². The zero-order valence-corrected chi connectivity index (χ0v) is 13.3. The van der Waals surface area contributed by atoms with Crippen LogP contribution in [0.1, 0.15) is 5.56 Å². The first-order chi connectivity index (χ1) is 11.6. The number of halogens is 1. The minimum atomic E-state index is -0.406. The minimum absolute atomic E-state index is 0.278. The first-order valence-electron chi connectivity index (χ1n) is 7.05. The highest BCUT2D eigenvalue weighted by Gasteiger charge is 2.04. The third-order valence-electron chi connectivity index (χ3n) is 3.03. The number of carbonyl (C=O) groups is 1. The summed E-state index contributed by atoms with van der Waals surface area (Å²) in [6, 6.07) is 10.6. The SMILES string of the molecule is COc1ccc(OC)c(/C=N\OCC(=O)Nc2ccc(F)cc2)c1. The quantitative estimate of drug-likeness (QED) is 0.625. The summed E-state index contributed by atoms with van der Waals surface area (Å²) in [7, 11) is 3.09. The molecule has 0 saturated heterocycles. The zero-order chi connectivity index (χ0) is 17.4. The number of nitrogens with zero attached hydrogens (tertiary/aromatic N) is 1. The molecule has 0 aliphatic rings. The fraction of sp³-hybridized carbons (Fsp3) is 0.176. The molecule has 24 heavy (non-hydrogen) atoms. The number of amides is 1. The third kappa shape index (κ3) is 4.98. The van der Waals surface area contributed by atoms with E-state index in [1.807, 2.05) is 0 Å². The summed E-state index contributed by atoms with van der Waals surface area (Å²) in [6.07, 6.45) is 1.42. The predicted molar refractivity (Wildman–Crippen MR) is 88.1 cm³/mol. The van der Waals surface area contributed by atoms with Gasteiger partial charge in [0.2, 0.25) is 0 Å². The summed E-state index contributed by atoms with van der Waals surface area (Å²) in [4.78, 5) is 16.6. The first-order valence-corrected chi connectivity index (χ1v) is 7.05. The van der Waals surface area contributed by atoms with E-state index in [0.29, 0.717) is 22.7 Å². The molecule has 0 unspecified atom stereocenters. The molecule has 0 aliphatic heterocycles. The molecular weight excluding hydrogens is 315 g/mol. The van der Waals surface area contributed by atoms with Crippen molar-refractivity contribution in [1.82, 2.24) is 0 Å². The van der Waals surface area contributed by atoms with E-state index in [9.17, 15) is 9.18 Å². The molecule has 6 nitrogen and oxygen atoms in total. The van der Waals surface area contributed by atoms with Crippen molar-refractivity contribution in [3.63, 3.8) is 0 Å². The number of benzene rings is 2. The standard InChI is InChI=1S/C17H17FN2O4/c1-22-15-7-8-16(23-2)12(9-15)10-19-24-11-17(21)20-14-5-3-13(18)4-6-14/h3-10H,11H2,1-2H3,(H,20,21)/b19-10-. The zero-order valence-electron chi connectivity index (χ0n) is 13.3. The second kappa shape index (κ2) is 8.52. The molecule has 126 valence electrons. The fourth-order valence-electron chi connectivity index (χ4n) is 1.86. The molecule has 0 fully saturated rings. The maximum Gasteiger partial charge on any atom is 0.265 e. The van der Waals surface area contributed by atoms with Crippen molar-refractivity contribution in [1.29, 1.82) is 0 Å². The van der Waals surface area contributed by atoms with Crippen LogP contribution in [-0.2, 0) is 9.63 Å². The van der Waals surface area contributed by atoms with Crippen LogP contribution in [0, 0.1) is 5.82 Å². The summed E-state index contributed by atoms with van der Waals surface area (Å²) in [5, 5.41) is 6.30. The van der Waals surface area contributed by atoms with Crippen LogP contribution >= 0.6 is 0 Å². The van der Waals surface area contributed by atoms with Crippen molar-refractivity contribution >= 4 is 17.8 Å². The number of carbonyl (C=O) groups excluding carboxylic acids is 1. The lowest BCUT2D eigenvalue weighted by molar-refractivity contribution is -0.120. The Morgan fingerprint density at radius 1 is 1.17 bits per heavy atom. The maximum atomic E-state index is 12.8. The van der Waals surface area contributed by atoms with Crippen molar-refractivity contribution in [2.75, 3.05) is 26.1 Å². The summed E-state index contributed by atoms with van der Waals surface area (Å²) >= 11 is 0. The van der Waals surface area contributed by atoms with Crippen LogP contribution in [0.5, 0.6) is 11.5 Å². The molecule has 0 aliphatic carbocycles. The van der Waals surface area contributed by atoms with Gasteiger partial charge in [-0.1, -0.05) is 5.16 Å². The average Bonchev–Trinajstić information content (AvgIpc) is 2.60. The Morgan fingerprint density at radius 3 is 2.58 bits per heavy atom. The van der Waals surface area contributed by atoms with Crippen molar-refractivity contribution in [3.05, 3.63) is 53.8 Å². The van der Waals surface area contributed by atoms with Crippen LogP contribution in [0.25, 0.3) is 0 Å². The Bertz CT molecular complexity index is 717. The summed E-state index contributed by atoms with van der Waals surface area (Å²) in [5.41, 5.74) is 1.12. The lowest BCUT2D eigenvalue weighted by Crippen LogP contribution is -2.16. The molecule has 0 spiro atoms. The van der Waals surface area contributed by atoms with Gasteiger partial charge in [-0.15, -0.1) is 0 Å².